The predicted octanol–water partition coefficient (Wildman–Crippen LogP) is 0.471. The molecule has 1 aliphatic rings. The van der Waals surface area contributed by atoms with Gasteiger partial charge >= 0.3 is 5.97 Å². The molecule has 0 bridgehead atoms. The van der Waals surface area contributed by atoms with E-state index in [1.54, 1.807) is 0 Å². The normalized spacial score (nSPS) is 24.8. The lowest BCUT2D eigenvalue weighted by Crippen LogP contribution is -2.47. The summed E-state index contributed by atoms with van der Waals surface area (Å²) in [6.07, 6.45) is 3.39. The zero-order valence-corrected chi connectivity index (χ0v) is 9.56. The first-order valence-corrected chi connectivity index (χ1v) is 5.72. The molecule has 5 nitrogen and oxygen atoms in total. The van der Waals surface area contributed by atoms with Gasteiger partial charge < -0.3 is 15.1 Å². The van der Waals surface area contributed by atoms with Crippen molar-refractivity contribution in [3.63, 3.8) is 0 Å². The van der Waals surface area contributed by atoms with Crippen LogP contribution in [0.15, 0.2) is 0 Å². The van der Waals surface area contributed by atoms with Gasteiger partial charge in [-0.15, -0.1) is 0 Å². The summed E-state index contributed by atoms with van der Waals surface area (Å²) < 4.78 is 0. The van der Waals surface area contributed by atoms with Crippen molar-refractivity contribution in [3.05, 3.63) is 0 Å². The van der Waals surface area contributed by atoms with Gasteiger partial charge in [0.1, 0.15) is 6.04 Å². The van der Waals surface area contributed by atoms with E-state index in [-0.39, 0.29) is 12.5 Å². The van der Waals surface area contributed by atoms with Crippen LogP contribution in [0.2, 0.25) is 0 Å². The van der Waals surface area contributed by atoms with Gasteiger partial charge in [0.15, 0.2) is 0 Å². The Morgan fingerprint density at radius 3 is 2.75 bits per heavy atom. The van der Waals surface area contributed by atoms with Gasteiger partial charge in [-0.2, -0.15) is 0 Å². The minimum absolute atomic E-state index is 0.193. The number of carboxylic acid groups (broad SMARTS) is 1. The number of hydrogen-bond donors (Lipinski definition) is 2. The van der Waals surface area contributed by atoms with E-state index >= 15 is 0 Å². The number of likely N-dealkylation sites (tertiary alicyclic amines) is 1. The van der Waals surface area contributed by atoms with E-state index in [1.165, 1.54) is 11.8 Å². The number of aliphatic carboxylic acids is 1. The molecule has 0 radical (unpaired) electrons. The first-order chi connectivity index (χ1) is 7.57. The molecule has 1 rings (SSSR count). The van der Waals surface area contributed by atoms with Gasteiger partial charge in [-0.3, -0.25) is 4.79 Å². The highest BCUT2D eigenvalue weighted by Crippen LogP contribution is 2.19. The summed E-state index contributed by atoms with van der Waals surface area (Å²) in [6, 6.07) is -0.806. The fourth-order valence-electron chi connectivity index (χ4n) is 2.01. The van der Waals surface area contributed by atoms with Crippen molar-refractivity contribution >= 4 is 11.9 Å². The summed E-state index contributed by atoms with van der Waals surface area (Å²) in [6.45, 7) is 1.79. The van der Waals surface area contributed by atoms with Crippen LogP contribution >= 0.6 is 0 Å². The maximum absolute atomic E-state index is 12.0. The second-order valence-electron chi connectivity index (χ2n) is 4.27. The molecular weight excluding hydrogens is 210 g/mol. The molecule has 2 N–H and O–H groups in total. The fraction of sp³-hybridized carbons (Fsp3) is 0.818. The molecule has 1 fully saturated rings. The highest BCUT2D eigenvalue weighted by molar-refractivity contribution is 5.85. The molecule has 1 heterocycles. The summed E-state index contributed by atoms with van der Waals surface area (Å²) in [5, 5.41) is 18.0. The molecular formula is C11H19NO4. The van der Waals surface area contributed by atoms with E-state index in [1.807, 2.05) is 0 Å². The maximum Gasteiger partial charge on any atom is 0.326 e. The summed E-state index contributed by atoms with van der Waals surface area (Å²) in [5.41, 5.74) is 0. The van der Waals surface area contributed by atoms with Crippen LogP contribution in [0.3, 0.4) is 0 Å². The number of amides is 1. The number of aliphatic hydroxyl groups is 1. The Balaban J connectivity index is 2.77. The van der Waals surface area contributed by atoms with Crippen molar-refractivity contribution in [1.29, 1.82) is 0 Å². The van der Waals surface area contributed by atoms with E-state index in [9.17, 15) is 9.59 Å². The molecule has 2 unspecified atom stereocenters. The van der Waals surface area contributed by atoms with Gasteiger partial charge in [-0.1, -0.05) is 12.8 Å². The van der Waals surface area contributed by atoms with Gasteiger partial charge in [-0.25, -0.2) is 4.79 Å². The van der Waals surface area contributed by atoms with Crippen molar-refractivity contribution in [2.24, 2.45) is 5.92 Å². The Hall–Kier alpha value is -1.10. The fourth-order valence-corrected chi connectivity index (χ4v) is 2.01. The summed E-state index contributed by atoms with van der Waals surface area (Å²) in [5.74, 6) is -1.65. The van der Waals surface area contributed by atoms with Gasteiger partial charge in [0.2, 0.25) is 5.91 Å². The highest BCUT2D eigenvalue weighted by Gasteiger charge is 2.31. The SMILES string of the molecule is CC(C(=O)O)N1CCCCCC(CO)C1=O. The number of hydrogen-bond acceptors (Lipinski definition) is 3. The lowest BCUT2D eigenvalue weighted by molar-refractivity contribution is -0.152. The number of nitrogens with zero attached hydrogens (tertiary/aromatic N) is 1. The molecule has 0 saturated carbocycles. The van der Waals surface area contributed by atoms with E-state index in [4.69, 9.17) is 10.2 Å². The second kappa shape index (κ2) is 5.84. The lowest BCUT2D eigenvalue weighted by atomic mass is 9.97. The van der Waals surface area contributed by atoms with Crippen molar-refractivity contribution < 1.29 is 19.8 Å². The monoisotopic (exact) mass is 229 g/mol. The predicted molar refractivity (Wildman–Crippen MR) is 57.9 cm³/mol. The Morgan fingerprint density at radius 2 is 2.19 bits per heavy atom. The van der Waals surface area contributed by atoms with Crippen molar-refractivity contribution in [2.75, 3.05) is 13.2 Å². The van der Waals surface area contributed by atoms with Crippen LogP contribution in [0.4, 0.5) is 0 Å². The van der Waals surface area contributed by atoms with E-state index in [0.717, 1.165) is 19.3 Å². The van der Waals surface area contributed by atoms with E-state index in [0.29, 0.717) is 13.0 Å². The topological polar surface area (TPSA) is 77.8 Å². The number of aliphatic hydroxyl groups excluding tert-OH is 1. The van der Waals surface area contributed by atoms with Crippen LogP contribution in [0.1, 0.15) is 32.6 Å². The third-order valence-corrected chi connectivity index (χ3v) is 3.13. The molecule has 1 aliphatic heterocycles. The minimum atomic E-state index is -0.995. The Labute approximate surface area is 95.1 Å². The van der Waals surface area contributed by atoms with Gasteiger partial charge in [0, 0.05) is 6.54 Å². The standard InChI is InChI=1S/C11H19NO4/c1-8(11(15)16)12-6-4-2-3-5-9(7-13)10(12)14/h8-9,13H,2-7H2,1H3,(H,15,16). The van der Waals surface area contributed by atoms with Crippen LogP contribution in [-0.4, -0.2) is 46.2 Å². The zero-order chi connectivity index (χ0) is 12.1. The van der Waals surface area contributed by atoms with Gasteiger partial charge in [0.25, 0.3) is 0 Å². The molecule has 1 amide bonds. The molecule has 16 heavy (non-hydrogen) atoms. The first-order valence-electron chi connectivity index (χ1n) is 5.72. The smallest absolute Gasteiger partial charge is 0.326 e. The molecule has 1 saturated heterocycles. The quantitative estimate of drug-likeness (QED) is 0.737. The molecule has 92 valence electrons. The maximum atomic E-state index is 12.0. The Morgan fingerprint density at radius 1 is 1.50 bits per heavy atom. The van der Waals surface area contributed by atoms with Crippen LogP contribution in [0.5, 0.6) is 0 Å². The average Bonchev–Trinajstić information content (AvgIpc) is 2.24. The van der Waals surface area contributed by atoms with Gasteiger partial charge in [-0.05, 0) is 19.8 Å². The van der Waals surface area contributed by atoms with Crippen LogP contribution in [-0.2, 0) is 9.59 Å². The van der Waals surface area contributed by atoms with Crippen LogP contribution in [0, 0.1) is 5.92 Å². The number of carbonyl (C=O) groups is 2. The molecule has 0 aromatic heterocycles. The van der Waals surface area contributed by atoms with Crippen molar-refractivity contribution in [3.8, 4) is 0 Å². The Bertz CT molecular complexity index is 267. The number of rotatable bonds is 3. The molecule has 5 heteroatoms. The molecule has 0 aromatic carbocycles. The van der Waals surface area contributed by atoms with Crippen molar-refractivity contribution in [1.82, 2.24) is 4.90 Å². The molecule has 0 aromatic rings. The summed E-state index contributed by atoms with van der Waals surface area (Å²) in [7, 11) is 0. The number of carboxylic acids is 1. The third kappa shape index (κ3) is 2.95. The highest BCUT2D eigenvalue weighted by atomic mass is 16.4. The van der Waals surface area contributed by atoms with E-state index < -0.39 is 17.9 Å². The first kappa shape index (κ1) is 13.0. The Kier molecular flexibility index (Phi) is 4.73. The lowest BCUT2D eigenvalue weighted by Gasteiger charge is -2.31. The van der Waals surface area contributed by atoms with Crippen LogP contribution < -0.4 is 0 Å². The van der Waals surface area contributed by atoms with E-state index in [2.05, 4.69) is 0 Å². The van der Waals surface area contributed by atoms with Gasteiger partial charge in [0.05, 0.1) is 12.5 Å². The second-order valence-corrected chi connectivity index (χ2v) is 4.27. The largest absolute Gasteiger partial charge is 0.480 e. The molecule has 0 aliphatic carbocycles. The molecule has 0 spiro atoms. The average molecular weight is 229 g/mol. The third-order valence-electron chi connectivity index (χ3n) is 3.13. The minimum Gasteiger partial charge on any atom is -0.480 e. The number of carbonyl (C=O) groups excluding carboxylic acids is 1. The zero-order valence-electron chi connectivity index (χ0n) is 9.56. The summed E-state index contributed by atoms with van der Waals surface area (Å²) in [4.78, 5) is 24.2. The molecule has 2 atom stereocenters. The van der Waals surface area contributed by atoms with Crippen molar-refractivity contribution in [2.45, 2.75) is 38.6 Å². The van der Waals surface area contributed by atoms with Crippen LogP contribution in [0.25, 0.3) is 0 Å². The summed E-state index contributed by atoms with van der Waals surface area (Å²) >= 11 is 0.